The minimum Gasteiger partial charge on any atom is -0.490 e. The third-order valence-electron chi connectivity index (χ3n) is 3.98. The van der Waals surface area contributed by atoms with Gasteiger partial charge in [-0.2, -0.15) is 0 Å². The first-order valence-corrected chi connectivity index (χ1v) is 9.74. The highest BCUT2D eigenvalue weighted by molar-refractivity contribution is 5.51. The number of benzene rings is 1. The minimum absolute atomic E-state index is 0.0872. The van der Waals surface area contributed by atoms with Crippen molar-refractivity contribution in [1.29, 1.82) is 0 Å². The van der Waals surface area contributed by atoms with Crippen molar-refractivity contribution in [1.82, 2.24) is 9.88 Å². The highest BCUT2D eigenvalue weighted by Crippen LogP contribution is 2.23. The van der Waals surface area contributed by atoms with Gasteiger partial charge in [0, 0.05) is 5.56 Å². The second-order valence-electron chi connectivity index (χ2n) is 6.30. The molecule has 5 nitrogen and oxygen atoms in total. The predicted octanol–water partition coefficient (Wildman–Crippen LogP) is 4.89. The van der Waals surface area contributed by atoms with Gasteiger partial charge >= 0.3 is 0 Å². The predicted molar refractivity (Wildman–Crippen MR) is 114 cm³/mol. The Balaban J connectivity index is 0.00000176. The van der Waals surface area contributed by atoms with Gasteiger partial charge in [0.05, 0.1) is 18.1 Å². The van der Waals surface area contributed by atoms with E-state index in [-0.39, 0.29) is 6.10 Å². The van der Waals surface area contributed by atoms with Gasteiger partial charge in [-0.3, -0.25) is 4.90 Å². The average Bonchev–Trinajstić information content (AvgIpc) is 2.70. The first-order valence-electron chi connectivity index (χ1n) is 9.74. The number of nitrogens with one attached hydrogen (secondary N) is 1. The van der Waals surface area contributed by atoms with E-state index in [1.54, 1.807) is 0 Å². The first kappa shape index (κ1) is 22.8. The van der Waals surface area contributed by atoms with Gasteiger partial charge in [0.1, 0.15) is 18.5 Å². The van der Waals surface area contributed by atoms with E-state index in [0.717, 1.165) is 35.9 Å². The Morgan fingerprint density at radius 2 is 1.81 bits per heavy atom. The molecule has 1 N–H and O–H groups in total. The molecule has 2 rings (SSSR count). The summed E-state index contributed by atoms with van der Waals surface area (Å²) in [6, 6.07) is 11.8. The Kier molecular flexibility index (Phi) is 10.3. The van der Waals surface area contributed by atoms with E-state index in [0.29, 0.717) is 12.5 Å². The third-order valence-corrected chi connectivity index (χ3v) is 3.98. The van der Waals surface area contributed by atoms with Crippen molar-refractivity contribution in [3.63, 3.8) is 0 Å². The van der Waals surface area contributed by atoms with E-state index >= 15 is 0 Å². The zero-order valence-corrected chi connectivity index (χ0v) is 17.9. The minimum atomic E-state index is -0.0872. The third kappa shape index (κ3) is 7.87. The van der Waals surface area contributed by atoms with Gasteiger partial charge in [-0.05, 0) is 52.6 Å². The van der Waals surface area contributed by atoms with Gasteiger partial charge in [-0.25, -0.2) is 4.98 Å². The maximum atomic E-state index is 5.98. The Labute approximate surface area is 164 Å². The second kappa shape index (κ2) is 12.2. The van der Waals surface area contributed by atoms with E-state index < -0.39 is 0 Å². The highest BCUT2D eigenvalue weighted by atomic mass is 16.5. The molecule has 150 valence electrons. The van der Waals surface area contributed by atoms with Crippen molar-refractivity contribution in [2.24, 2.45) is 0 Å². The SMILES string of the molecule is CC.CCN(C)CNc1cc(C)c(OC(C)COc2ccccc2)nc1C. The molecular formula is C22H35N3O2. The molecule has 0 aliphatic carbocycles. The molecule has 0 amide bonds. The van der Waals surface area contributed by atoms with Gasteiger partial charge in [0.15, 0.2) is 0 Å². The average molecular weight is 374 g/mol. The molecule has 2 aromatic rings. The first-order chi connectivity index (χ1) is 13.0. The molecule has 1 unspecified atom stereocenters. The van der Waals surface area contributed by atoms with Crippen LogP contribution in [0.15, 0.2) is 36.4 Å². The molecule has 0 bridgehead atoms. The summed E-state index contributed by atoms with van der Waals surface area (Å²) in [6.07, 6.45) is -0.0872. The number of aromatic nitrogens is 1. The molecule has 0 aliphatic heterocycles. The Morgan fingerprint density at radius 1 is 1.15 bits per heavy atom. The fourth-order valence-electron chi connectivity index (χ4n) is 2.27. The van der Waals surface area contributed by atoms with Crippen LogP contribution < -0.4 is 14.8 Å². The molecule has 27 heavy (non-hydrogen) atoms. The normalized spacial score (nSPS) is 11.4. The quantitative estimate of drug-likeness (QED) is 0.634. The van der Waals surface area contributed by atoms with Gasteiger partial charge in [0.25, 0.3) is 0 Å². The standard InChI is InChI=1S/C20H29N3O2.C2H6/c1-6-23(5)14-21-19-12-15(2)20(22-17(19)4)25-16(3)13-24-18-10-8-7-9-11-18;1-2/h7-12,16,21H,6,13-14H2,1-5H3;1-2H3. The number of pyridine rings is 1. The fourth-order valence-corrected chi connectivity index (χ4v) is 2.27. The summed E-state index contributed by atoms with van der Waals surface area (Å²) in [5.41, 5.74) is 2.98. The number of aryl methyl sites for hydroxylation is 2. The molecule has 0 saturated carbocycles. The molecule has 5 heteroatoms. The van der Waals surface area contributed by atoms with Crippen LogP contribution >= 0.6 is 0 Å². The maximum absolute atomic E-state index is 5.98. The van der Waals surface area contributed by atoms with Gasteiger partial charge in [-0.15, -0.1) is 0 Å². The highest BCUT2D eigenvalue weighted by Gasteiger charge is 2.12. The van der Waals surface area contributed by atoms with Crippen LogP contribution in [0.25, 0.3) is 0 Å². The smallest absolute Gasteiger partial charge is 0.216 e. The maximum Gasteiger partial charge on any atom is 0.216 e. The molecule has 0 fully saturated rings. The monoisotopic (exact) mass is 373 g/mol. The number of hydrogen-bond acceptors (Lipinski definition) is 5. The van der Waals surface area contributed by atoms with Crippen LogP contribution in [0.3, 0.4) is 0 Å². The lowest BCUT2D eigenvalue weighted by Gasteiger charge is -2.20. The van der Waals surface area contributed by atoms with Gasteiger partial charge in [-0.1, -0.05) is 39.0 Å². The Hall–Kier alpha value is -2.27. The van der Waals surface area contributed by atoms with E-state index in [9.17, 15) is 0 Å². The van der Waals surface area contributed by atoms with Crippen LogP contribution in [-0.2, 0) is 0 Å². The zero-order valence-electron chi connectivity index (χ0n) is 17.9. The summed E-state index contributed by atoms with van der Waals surface area (Å²) in [7, 11) is 2.08. The van der Waals surface area contributed by atoms with Crippen molar-refractivity contribution in [2.45, 2.75) is 47.6 Å². The number of para-hydroxylation sites is 1. The molecular weight excluding hydrogens is 338 g/mol. The van der Waals surface area contributed by atoms with Crippen LogP contribution in [0.5, 0.6) is 11.6 Å². The fraction of sp³-hybridized carbons (Fsp3) is 0.500. The summed E-state index contributed by atoms with van der Waals surface area (Å²) < 4.78 is 11.7. The summed E-state index contributed by atoms with van der Waals surface area (Å²) in [4.78, 5) is 6.81. The van der Waals surface area contributed by atoms with Gasteiger partial charge < -0.3 is 14.8 Å². The molecule has 0 radical (unpaired) electrons. The topological polar surface area (TPSA) is 46.6 Å². The molecule has 1 heterocycles. The zero-order chi connectivity index (χ0) is 20.2. The van der Waals surface area contributed by atoms with Crippen molar-refractivity contribution in [3.8, 4) is 11.6 Å². The Bertz CT molecular complexity index is 662. The Morgan fingerprint density at radius 3 is 2.44 bits per heavy atom. The molecule has 1 atom stereocenters. The van der Waals surface area contributed by atoms with E-state index in [4.69, 9.17) is 9.47 Å². The molecule has 1 aromatic heterocycles. The lowest BCUT2D eigenvalue weighted by Crippen LogP contribution is -2.25. The number of anilines is 1. The summed E-state index contributed by atoms with van der Waals surface area (Å²) in [6.45, 7) is 14.4. The number of hydrogen-bond donors (Lipinski definition) is 1. The summed E-state index contributed by atoms with van der Waals surface area (Å²) in [5.74, 6) is 1.51. The molecule has 0 spiro atoms. The van der Waals surface area contributed by atoms with Crippen molar-refractivity contribution in [2.75, 3.05) is 32.2 Å². The molecule has 0 aliphatic rings. The molecule has 0 saturated heterocycles. The van der Waals surface area contributed by atoms with Crippen LogP contribution in [-0.4, -0.2) is 42.9 Å². The molecule has 1 aromatic carbocycles. The lowest BCUT2D eigenvalue weighted by atomic mass is 10.2. The van der Waals surface area contributed by atoms with Crippen LogP contribution in [0, 0.1) is 13.8 Å². The van der Waals surface area contributed by atoms with E-state index in [1.807, 2.05) is 65.0 Å². The number of rotatable bonds is 9. The summed E-state index contributed by atoms with van der Waals surface area (Å²) in [5, 5.41) is 3.41. The summed E-state index contributed by atoms with van der Waals surface area (Å²) >= 11 is 0. The van der Waals surface area contributed by atoms with Crippen LogP contribution in [0.4, 0.5) is 5.69 Å². The van der Waals surface area contributed by atoms with Crippen LogP contribution in [0.2, 0.25) is 0 Å². The van der Waals surface area contributed by atoms with Crippen molar-refractivity contribution >= 4 is 5.69 Å². The van der Waals surface area contributed by atoms with E-state index in [1.165, 1.54) is 0 Å². The van der Waals surface area contributed by atoms with Crippen molar-refractivity contribution in [3.05, 3.63) is 47.7 Å². The second-order valence-corrected chi connectivity index (χ2v) is 6.30. The van der Waals surface area contributed by atoms with Gasteiger partial charge in [0.2, 0.25) is 5.88 Å². The van der Waals surface area contributed by atoms with Crippen LogP contribution in [0.1, 0.15) is 39.0 Å². The largest absolute Gasteiger partial charge is 0.490 e. The van der Waals surface area contributed by atoms with E-state index in [2.05, 4.69) is 35.2 Å². The van der Waals surface area contributed by atoms with Crippen molar-refractivity contribution < 1.29 is 9.47 Å². The lowest BCUT2D eigenvalue weighted by molar-refractivity contribution is 0.137. The number of nitrogens with zero attached hydrogens (tertiary/aromatic N) is 2. The number of ether oxygens (including phenoxy) is 2.